The van der Waals surface area contributed by atoms with Gasteiger partial charge in [0.25, 0.3) is 0 Å². The van der Waals surface area contributed by atoms with Crippen molar-refractivity contribution in [3.8, 4) is 0 Å². The number of carboxylic acids is 1. The molecule has 1 aromatic carbocycles. The Morgan fingerprint density at radius 3 is 2.67 bits per heavy atom. The molecule has 5 nitrogen and oxygen atoms in total. The van der Waals surface area contributed by atoms with Gasteiger partial charge in [-0.25, -0.2) is 14.0 Å². The van der Waals surface area contributed by atoms with Crippen LogP contribution >= 0.6 is 0 Å². The first-order valence-corrected chi connectivity index (χ1v) is 7.09. The quantitative estimate of drug-likeness (QED) is 0.892. The van der Waals surface area contributed by atoms with Crippen molar-refractivity contribution in [3.63, 3.8) is 0 Å². The summed E-state index contributed by atoms with van der Waals surface area (Å²) in [6.07, 6.45) is 2.74. The molecule has 1 heterocycles. The van der Waals surface area contributed by atoms with Gasteiger partial charge in [0.1, 0.15) is 11.9 Å². The van der Waals surface area contributed by atoms with Gasteiger partial charge in [0, 0.05) is 13.1 Å². The van der Waals surface area contributed by atoms with Crippen molar-refractivity contribution in [3.05, 3.63) is 35.6 Å². The van der Waals surface area contributed by atoms with Gasteiger partial charge in [-0.1, -0.05) is 12.1 Å². The zero-order chi connectivity index (χ0) is 15.2. The van der Waals surface area contributed by atoms with Crippen LogP contribution in [-0.2, 0) is 11.2 Å². The highest BCUT2D eigenvalue weighted by Gasteiger charge is 2.31. The average Bonchev–Trinajstić information content (AvgIpc) is 2.49. The van der Waals surface area contributed by atoms with Gasteiger partial charge in [-0.05, 0) is 43.4 Å². The van der Waals surface area contributed by atoms with Crippen LogP contribution in [0.3, 0.4) is 0 Å². The van der Waals surface area contributed by atoms with E-state index >= 15 is 0 Å². The summed E-state index contributed by atoms with van der Waals surface area (Å²) in [6.45, 7) is 0.868. The van der Waals surface area contributed by atoms with Crippen LogP contribution in [0.2, 0.25) is 0 Å². The minimum atomic E-state index is -0.955. The Morgan fingerprint density at radius 1 is 1.29 bits per heavy atom. The molecule has 2 rings (SSSR count). The number of urea groups is 1. The number of benzene rings is 1. The molecule has 1 fully saturated rings. The highest BCUT2D eigenvalue weighted by atomic mass is 19.1. The van der Waals surface area contributed by atoms with Crippen molar-refractivity contribution in [2.75, 3.05) is 13.1 Å². The lowest BCUT2D eigenvalue weighted by atomic mass is 10.0. The maximum atomic E-state index is 12.8. The van der Waals surface area contributed by atoms with Crippen LogP contribution in [0, 0.1) is 5.82 Å². The van der Waals surface area contributed by atoms with E-state index in [2.05, 4.69) is 5.32 Å². The van der Waals surface area contributed by atoms with Crippen molar-refractivity contribution in [2.45, 2.75) is 31.7 Å². The Bertz CT molecular complexity index is 504. The topological polar surface area (TPSA) is 69.6 Å². The highest BCUT2D eigenvalue weighted by molar-refractivity contribution is 5.82. The Labute approximate surface area is 122 Å². The summed E-state index contributed by atoms with van der Waals surface area (Å²) < 4.78 is 12.8. The van der Waals surface area contributed by atoms with Crippen LogP contribution in [0.25, 0.3) is 0 Å². The second-order valence-corrected chi connectivity index (χ2v) is 5.15. The monoisotopic (exact) mass is 294 g/mol. The van der Waals surface area contributed by atoms with Gasteiger partial charge in [0.2, 0.25) is 0 Å². The Hall–Kier alpha value is -2.11. The zero-order valence-electron chi connectivity index (χ0n) is 11.7. The van der Waals surface area contributed by atoms with E-state index in [1.54, 1.807) is 12.1 Å². The van der Waals surface area contributed by atoms with Crippen LogP contribution < -0.4 is 5.32 Å². The third-order valence-electron chi connectivity index (χ3n) is 3.65. The molecule has 21 heavy (non-hydrogen) atoms. The fourth-order valence-electron chi connectivity index (χ4n) is 2.50. The summed E-state index contributed by atoms with van der Waals surface area (Å²) >= 11 is 0. The molecule has 1 unspecified atom stereocenters. The van der Waals surface area contributed by atoms with E-state index in [1.807, 2.05) is 0 Å². The van der Waals surface area contributed by atoms with Crippen molar-refractivity contribution in [1.82, 2.24) is 10.2 Å². The largest absolute Gasteiger partial charge is 0.480 e. The maximum Gasteiger partial charge on any atom is 0.326 e. The second-order valence-electron chi connectivity index (χ2n) is 5.15. The number of carbonyl (C=O) groups excluding carboxylic acids is 1. The number of nitrogens with zero attached hydrogens (tertiary/aromatic N) is 1. The Morgan fingerprint density at radius 2 is 2.00 bits per heavy atom. The summed E-state index contributed by atoms with van der Waals surface area (Å²) in [6, 6.07) is 5.02. The predicted octanol–water partition coefficient (Wildman–Crippen LogP) is 2.02. The number of carboxylic acid groups (broad SMARTS) is 1. The number of amides is 2. The van der Waals surface area contributed by atoms with E-state index in [1.165, 1.54) is 17.0 Å². The first-order chi connectivity index (χ1) is 10.1. The van der Waals surface area contributed by atoms with Crippen LogP contribution in [0.5, 0.6) is 0 Å². The number of carbonyl (C=O) groups is 2. The van der Waals surface area contributed by atoms with Gasteiger partial charge < -0.3 is 15.3 Å². The predicted molar refractivity (Wildman–Crippen MR) is 75.5 cm³/mol. The number of hydrogen-bond acceptors (Lipinski definition) is 2. The molecule has 0 aliphatic carbocycles. The number of hydrogen-bond donors (Lipinski definition) is 2. The molecule has 0 bridgehead atoms. The summed E-state index contributed by atoms with van der Waals surface area (Å²) in [5.74, 6) is -1.25. The number of nitrogens with one attached hydrogen (secondary N) is 1. The molecule has 1 aliphatic heterocycles. The van der Waals surface area contributed by atoms with E-state index in [0.717, 1.165) is 18.4 Å². The first kappa shape index (κ1) is 15.3. The normalized spacial score (nSPS) is 18.3. The molecular weight excluding hydrogens is 275 g/mol. The number of aliphatic carboxylic acids is 1. The van der Waals surface area contributed by atoms with E-state index in [-0.39, 0.29) is 11.8 Å². The van der Waals surface area contributed by atoms with Crippen LogP contribution in [-0.4, -0.2) is 41.1 Å². The smallest absolute Gasteiger partial charge is 0.326 e. The molecule has 0 saturated carbocycles. The number of piperidine rings is 1. The van der Waals surface area contributed by atoms with E-state index in [0.29, 0.717) is 25.9 Å². The third kappa shape index (κ3) is 4.18. The fraction of sp³-hybridized carbons (Fsp3) is 0.467. The molecule has 0 radical (unpaired) electrons. The maximum absolute atomic E-state index is 12.8. The third-order valence-corrected chi connectivity index (χ3v) is 3.65. The summed E-state index contributed by atoms with van der Waals surface area (Å²) in [7, 11) is 0. The van der Waals surface area contributed by atoms with E-state index < -0.39 is 12.0 Å². The summed E-state index contributed by atoms with van der Waals surface area (Å²) in [4.78, 5) is 24.6. The number of rotatable bonds is 4. The lowest BCUT2D eigenvalue weighted by molar-refractivity contribution is -0.143. The lowest BCUT2D eigenvalue weighted by Crippen LogP contribution is -2.52. The molecule has 0 aromatic heterocycles. The van der Waals surface area contributed by atoms with Crippen LogP contribution in [0.4, 0.5) is 9.18 Å². The molecule has 2 amide bonds. The van der Waals surface area contributed by atoms with E-state index in [9.17, 15) is 14.0 Å². The number of halogens is 1. The fourth-order valence-corrected chi connectivity index (χ4v) is 2.50. The molecule has 1 saturated heterocycles. The van der Waals surface area contributed by atoms with Gasteiger partial charge >= 0.3 is 12.0 Å². The van der Waals surface area contributed by atoms with Crippen LogP contribution in [0.1, 0.15) is 24.8 Å². The van der Waals surface area contributed by atoms with Crippen molar-refractivity contribution in [1.29, 1.82) is 0 Å². The SMILES string of the molecule is O=C(O)C1CCCCN1C(=O)NCCc1ccc(F)cc1. The minimum absolute atomic E-state index is 0.291. The van der Waals surface area contributed by atoms with Crippen molar-refractivity contribution < 1.29 is 19.1 Å². The highest BCUT2D eigenvalue weighted by Crippen LogP contribution is 2.17. The molecule has 114 valence electrons. The van der Waals surface area contributed by atoms with E-state index in [4.69, 9.17) is 5.11 Å². The zero-order valence-corrected chi connectivity index (χ0v) is 11.7. The van der Waals surface area contributed by atoms with Gasteiger partial charge in [0.05, 0.1) is 0 Å². The molecule has 0 spiro atoms. The Kier molecular flexibility index (Phi) is 5.14. The van der Waals surface area contributed by atoms with Gasteiger partial charge in [-0.15, -0.1) is 0 Å². The van der Waals surface area contributed by atoms with Gasteiger partial charge in [-0.2, -0.15) is 0 Å². The molecule has 1 aromatic rings. The van der Waals surface area contributed by atoms with Crippen molar-refractivity contribution >= 4 is 12.0 Å². The second kappa shape index (κ2) is 7.06. The van der Waals surface area contributed by atoms with Crippen LogP contribution in [0.15, 0.2) is 24.3 Å². The van der Waals surface area contributed by atoms with Crippen molar-refractivity contribution in [2.24, 2.45) is 0 Å². The molecule has 2 N–H and O–H groups in total. The average molecular weight is 294 g/mol. The van der Waals surface area contributed by atoms with Gasteiger partial charge in [0.15, 0.2) is 0 Å². The van der Waals surface area contributed by atoms with Gasteiger partial charge in [-0.3, -0.25) is 0 Å². The summed E-state index contributed by atoms with van der Waals surface area (Å²) in [5, 5.41) is 11.9. The molecule has 1 atom stereocenters. The summed E-state index contributed by atoms with van der Waals surface area (Å²) in [5.41, 5.74) is 0.921. The number of likely N-dealkylation sites (tertiary alicyclic amines) is 1. The standard InChI is InChI=1S/C15H19FN2O3/c16-12-6-4-11(5-7-12)8-9-17-15(21)18-10-2-1-3-13(18)14(19)20/h4-7,13H,1-3,8-10H2,(H,17,21)(H,19,20). The molecule has 6 heteroatoms. The molecular formula is C15H19FN2O3. The molecule has 1 aliphatic rings. The lowest BCUT2D eigenvalue weighted by Gasteiger charge is -2.32. The minimum Gasteiger partial charge on any atom is -0.480 e. The first-order valence-electron chi connectivity index (χ1n) is 7.09. The Balaban J connectivity index is 1.83.